The summed E-state index contributed by atoms with van der Waals surface area (Å²) in [6.45, 7) is 3.08. The highest BCUT2D eigenvalue weighted by molar-refractivity contribution is 6.43. The second-order valence-corrected chi connectivity index (χ2v) is 5.21. The number of rotatable bonds is 4. The molecule has 0 amide bonds. The van der Waals surface area contributed by atoms with E-state index in [0.29, 0.717) is 0 Å². The molecule has 19 heavy (non-hydrogen) atoms. The number of halogens is 4. The molecule has 0 N–H and O–H groups in total. The number of ketones is 1. The monoisotopic (exact) mass is 326 g/mol. The summed E-state index contributed by atoms with van der Waals surface area (Å²) >= 11 is 17.2. The van der Waals surface area contributed by atoms with E-state index in [-0.39, 0.29) is 20.6 Å². The molecule has 0 bridgehead atoms. The summed E-state index contributed by atoms with van der Waals surface area (Å²) in [4.78, 5) is 23.2. The summed E-state index contributed by atoms with van der Waals surface area (Å²) in [5, 5.41) is -0.0447. The molecule has 0 aliphatic rings. The van der Waals surface area contributed by atoms with Crippen LogP contribution in [0.15, 0.2) is 12.1 Å². The lowest BCUT2D eigenvalue weighted by Gasteiger charge is -2.12. The van der Waals surface area contributed by atoms with Gasteiger partial charge < -0.3 is 4.74 Å². The van der Waals surface area contributed by atoms with E-state index < -0.39 is 24.0 Å². The van der Waals surface area contributed by atoms with Crippen LogP contribution in [0.2, 0.25) is 15.1 Å². The summed E-state index contributed by atoms with van der Waals surface area (Å²) in [5.41, 5.74) is -0.291. The average Bonchev–Trinajstić information content (AvgIpc) is 2.25. The Morgan fingerprint density at radius 1 is 1.16 bits per heavy atom. The standard InChI is InChI=1S/C12H10Cl3FO3/c1-5(2)19-12(18)10(16)11(17)9-7(14)3-6(13)4-8(9)15/h3-5,10H,1-2H3. The van der Waals surface area contributed by atoms with Crippen molar-refractivity contribution in [1.82, 2.24) is 0 Å². The lowest BCUT2D eigenvalue weighted by molar-refractivity contribution is -0.151. The molecule has 104 valence electrons. The maximum atomic E-state index is 13.7. The van der Waals surface area contributed by atoms with Crippen LogP contribution in [-0.2, 0) is 9.53 Å². The molecule has 1 aromatic rings. The Morgan fingerprint density at radius 2 is 1.63 bits per heavy atom. The van der Waals surface area contributed by atoms with Crippen LogP contribution in [-0.4, -0.2) is 24.0 Å². The van der Waals surface area contributed by atoms with Crippen LogP contribution in [0.25, 0.3) is 0 Å². The smallest absolute Gasteiger partial charge is 0.349 e. The van der Waals surface area contributed by atoms with Crippen LogP contribution in [0.3, 0.4) is 0 Å². The predicted molar refractivity (Wildman–Crippen MR) is 71.9 cm³/mol. The number of carbonyl (C=O) groups excluding carboxylic acids is 2. The molecule has 3 nitrogen and oxygen atoms in total. The molecule has 7 heteroatoms. The maximum absolute atomic E-state index is 13.7. The summed E-state index contributed by atoms with van der Waals surface area (Å²) in [6, 6.07) is 2.48. The fourth-order valence-corrected chi connectivity index (χ4v) is 2.31. The third-order valence-corrected chi connectivity index (χ3v) is 2.86. The molecule has 0 aromatic heterocycles. The van der Waals surface area contributed by atoms with E-state index in [1.54, 1.807) is 0 Å². The zero-order valence-electron chi connectivity index (χ0n) is 10.0. The van der Waals surface area contributed by atoms with Gasteiger partial charge in [0.1, 0.15) is 0 Å². The Hall–Kier alpha value is -0.840. The van der Waals surface area contributed by atoms with Gasteiger partial charge >= 0.3 is 5.97 Å². The van der Waals surface area contributed by atoms with Crippen molar-refractivity contribution in [1.29, 1.82) is 0 Å². The van der Waals surface area contributed by atoms with Crippen molar-refractivity contribution in [3.8, 4) is 0 Å². The molecule has 0 aliphatic heterocycles. The van der Waals surface area contributed by atoms with Gasteiger partial charge in [0.25, 0.3) is 6.17 Å². The first-order valence-electron chi connectivity index (χ1n) is 5.27. The molecule has 1 unspecified atom stereocenters. The van der Waals surface area contributed by atoms with Gasteiger partial charge in [0.2, 0.25) is 5.78 Å². The average molecular weight is 328 g/mol. The van der Waals surface area contributed by atoms with Gasteiger partial charge in [0, 0.05) is 5.02 Å². The van der Waals surface area contributed by atoms with Crippen LogP contribution in [0, 0.1) is 0 Å². The number of alkyl halides is 1. The van der Waals surface area contributed by atoms with Gasteiger partial charge in [-0.15, -0.1) is 0 Å². The van der Waals surface area contributed by atoms with E-state index >= 15 is 0 Å². The summed E-state index contributed by atoms with van der Waals surface area (Å²) in [6.07, 6.45) is -3.01. The van der Waals surface area contributed by atoms with Crippen molar-refractivity contribution < 1.29 is 18.7 Å². The van der Waals surface area contributed by atoms with E-state index in [1.807, 2.05) is 0 Å². The van der Waals surface area contributed by atoms with Gasteiger partial charge in [0.05, 0.1) is 21.7 Å². The lowest BCUT2D eigenvalue weighted by Crippen LogP contribution is -2.30. The van der Waals surface area contributed by atoms with E-state index in [4.69, 9.17) is 34.8 Å². The predicted octanol–water partition coefficient (Wildman–Crippen LogP) is 4.12. The molecule has 0 heterocycles. The Labute approximate surface area is 124 Å². The molecule has 0 fully saturated rings. The minimum Gasteiger partial charge on any atom is -0.460 e. The molecule has 1 atom stereocenters. The highest BCUT2D eigenvalue weighted by atomic mass is 35.5. The first kappa shape index (κ1) is 16.2. The van der Waals surface area contributed by atoms with Crippen LogP contribution in [0.1, 0.15) is 24.2 Å². The topological polar surface area (TPSA) is 43.4 Å². The quantitative estimate of drug-likeness (QED) is 0.475. The van der Waals surface area contributed by atoms with E-state index in [0.717, 1.165) is 0 Å². The zero-order chi connectivity index (χ0) is 14.7. The van der Waals surface area contributed by atoms with E-state index in [9.17, 15) is 14.0 Å². The number of carbonyl (C=O) groups is 2. The molecular formula is C12H10Cl3FO3. The van der Waals surface area contributed by atoms with Gasteiger partial charge in [-0.3, -0.25) is 4.79 Å². The summed E-state index contributed by atoms with van der Waals surface area (Å²) < 4.78 is 18.3. The van der Waals surface area contributed by atoms with Crippen LogP contribution < -0.4 is 0 Å². The van der Waals surface area contributed by atoms with Crippen molar-refractivity contribution in [3.05, 3.63) is 32.8 Å². The first-order valence-corrected chi connectivity index (χ1v) is 6.40. The Bertz CT molecular complexity index is 494. The van der Waals surface area contributed by atoms with Crippen molar-refractivity contribution in [3.63, 3.8) is 0 Å². The number of hydrogen-bond donors (Lipinski definition) is 0. The number of benzene rings is 1. The van der Waals surface area contributed by atoms with E-state index in [2.05, 4.69) is 4.74 Å². The molecule has 0 saturated heterocycles. The van der Waals surface area contributed by atoms with Crippen LogP contribution in [0.4, 0.5) is 4.39 Å². The maximum Gasteiger partial charge on any atom is 0.349 e. The molecular weight excluding hydrogens is 317 g/mol. The van der Waals surface area contributed by atoms with Gasteiger partial charge in [-0.05, 0) is 26.0 Å². The molecule has 0 radical (unpaired) electrons. The van der Waals surface area contributed by atoms with Crippen LogP contribution in [0.5, 0.6) is 0 Å². The Kier molecular flexibility index (Phi) is 5.59. The normalized spacial score (nSPS) is 12.4. The number of esters is 1. The fourth-order valence-electron chi connectivity index (χ4n) is 1.30. The SMILES string of the molecule is CC(C)OC(=O)C(F)C(=O)c1c(Cl)cc(Cl)cc1Cl. The van der Waals surface area contributed by atoms with Crippen molar-refractivity contribution in [2.45, 2.75) is 26.1 Å². The second kappa shape index (κ2) is 6.55. The van der Waals surface area contributed by atoms with Gasteiger partial charge in [0.15, 0.2) is 0 Å². The van der Waals surface area contributed by atoms with Gasteiger partial charge in [-0.25, -0.2) is 9.18 Å². The Morgan fingerprint density at radius 3 is 2.05 bits per heavy atom. The van der Waals surface area contributed by atoms with Crippen molar-refractivity contribution in [2.24, 2.45) is 0 Å². The van der Waals surface area contributed by atoms with E-state index in [1.165, 1.54) is 26.0 Å². The number of hydrogen-bond acceptors (Lipinski definition) is 3. The molecule has 0 aliphatic carbocycles. The minimum absolute atomic E-state index is 0.123. The molecule has 0 spiro atoms. The number of ether oxygens (including phenoxy) is 1. The highest BCUT2D eigenvalue weighted by Crippen LogP contribution is 2.30. The summed E-state index contributed by atoms with van der Waals surface area (Å²) in [5.74, 6) is -2.43. The molecule has 1 rings (SSSR count). The van der Waals surface area contributed by atoms with Crippen molar-refractivity contribution in [2.75, 3.05) is 0 Å². The third kappa shape index (κ3) is 4.06. The van der Waals surface area contributed by atoms with Crippen LogP contribution >= 0.6 is 34.8 Å². The van der Waals surface area contributed by atoms with Gasteiger partial charge in [-0.1, -0.05) is 34.8 Å². The zero-order valence-corrected chi connectivity index (χ0v) is 12.3. The summed E-state index contributed by atoms with van der Waals surface area (Å²) in [7, 11) is 0. The fraction of sp³-hybridized carbons (Fsp3) is 0.333. The number of Topliss-reactive ketones (excluding diaryl/α,β-unsaturated/α-hetero) is 1. The van der Waals surface area contributed by atoms with Crippen molar-refractivity contribution >= 4 is 46.6 Å². The third-order valence-electron chi connectivity index (χ3n) is 2.04. The molecule has 0 saturated carbocycles. The lowest BCUT2D eigenvalue weighted by atomic mass is 10.1. The molecule has 1 aromatic carbocycles. The minimum atomic E-state index is -2.47. The first-order chi connectivity index (χ1) is 8.73. The highest BCUT2D eigenvalue weighted by Gasteiger charge is 2.32. The van der Waals surface area contributed by atoms with Gasteiger partial charge in [-0.2, -0.15) is 0 Å². The largest absolute Gasteiger partial charge is 0.460 e. The second-order valence-electron chi connectivity index (χ2n) is 3.96. The Balaban J connectivity index is 3.04.